The van der Waals surface area contributed by atoms with E-state index >= 15 is 0 Å². The largest absolute Gasteiger partial charge is 0.478 e. The molecule has 0 amide bonds. The second-order valence-electron chi connectivity index (χ2n) is 6.41. The molecule has 1 aromatic carbocycles. The molecular formula is C17H25NO7. The van der Waals surface area contributed by atoms with Gasteiger partial charge in [-0.05, 0) is 24.6 Å². The molecule has 140 valence electrons. The Bertz CT molecular complexity index is 582. The van der Waals surface area contributed by atoms with Crippen molar-refractivity contribution in [1.29, 1.82) is 0 Å². The van der Waals surface area contributed by atoms with E-state index in [-0.39, 0.29) is 0 Å². The molecule has 3 rings (SSSR count). The lowest BCUT2D eigenvalue weighted by Crippen LogP contribution is -2.60. The topological polar surface area (TPSA) is 112 Å². The predicted molar refractivity (Wildman–Crippen MR) is 87.0 cm³/mol. The fraction of sp³-hybridized carbons (Fsp3) is 0.647. The summed E-state index contributed by atoms with van der Waals surface area (Å²) in [5.74, 6) is 1.23. The van der Waals surface area contributed by atoms with Gasteiger partial charge in [0.25, 0.3) is 0 Å². The van der Waals surface area contributed by atoms with Gasteiger partial charge in [0.2, 0.25) is 6.29 Å². The summed E-state index contributed by atoms with van der Waals surface area (Å²) in [4.78, 5) is 2.17. The van der Waals surface area contributed by atoms with Crippen molar-refractivity contribution in [3.05, 3.63) is 23.8 Å². The van der Waals surface area contributed by atoms with Crippen LogP contribution in [0, 0.1) is 0 Å². The molecule has 5 atom stereocenters. The molecule has 2 aliphatic heterocycles. The van der Waals surface area contributed by atoms with Crippen LogP contribution >= 0.6 is 0 Å². The molecule has 1 saturated heterocycles. The zero-order valence-electron chi connectivity index (χ0n) is 14.1. The molecule has 0 aromatic heterocycles. The van der Waals surface area contributed by atoms with Gasteiger partial charge in [0.05, 0.1) is 6.61 Å². The molecule has 1 aromatic rings. The number of aliphatic hydroxyl groups is 4. The molecule has 0 radical (unpaired) electrons. The Labute approximate surface area is 146 Å². The van der Waals surface area contributed by atoms with Crippen molar-refractivity contribution in [3.8, 4) is 11.5 Å². The molecule has 25 heavy (non-hydrogen) atoms. The van der Waals surface area contributed by atoms with Gasteiger partial charge in [-0.15, -0.1) is 0 Å². The fourth-order valence-electron chi connectivity index (χ4n) is 3.10. The highest BCUT2D eigenvalue weighted by Gasteiger charge is 2.44. The third-order valence-electron chi connectivity index (χ3n) is 4.47. The molecule has 2 aliphatic rings. The van der Waals surface area contributed by atoms with Crippen LogP contribution < -0.4 is 9.47 Å². The van der Waals surface area contributed by atoms with Crippen LogP contribution in [0.2, 0.25) is 0 Å². The summed E-state index contributed by atoms with van der Waals surface area (Å²) in [7, 11) is 0. The van der Waals surface area contributed by atoms with Crippen molar-refractivity contribution in [2.75, 3.05) is 19.9 Å². The van der Waals surface area contributed by atoms with Crippen LogP contribution in [0.25, 0.3) is 0 Å². The smallest absolute Gasteiger partial charge is 0.229 e. The van der Waals surface area contributed by atoms with Gasteiger partial charge in [-0.25, -0.2) is 0 Å². The van der Waals surface area contributed by atoms with Crippen molar-refractivity contribution in [2.45, 2.75) is 50.6 Å². The number of hydrogen-bond donors (Lipinski definition) is 4. The van der Waals surface area contributed by atoms with E-state index in [1.54, 1.807) is 18.2 Å². The summed E-state index contributed by atoms with van der Waals surface area (Å²) in [6, 6.07) is 5.28. The average molecular weight is 355 g/mol. The number of nitrogens with zero attached hydrogens (tertiary/aromatic N) is 1. The highest BCUT2D eigenvalue weighted by atomic mass is 16.7. The van der Waals surface area contributed by atoms with E-state index in [9.17, 15) is 20.4 Å². The minimum absolute atomic E-state index is 0.449. The van der Waals surface area contributed by atoms with E-state index in [2.05, 4.69) is 11.8 Å². The zero-order valence-corrected chi connectivity index (χ0v) is 14.1. The van der Waals surface area contributed by atoms with Crippen LogP contribution in [0.4, 0.5) is 0 Å². The minimum atomic E-state index is -1.46. The summed E-state index contributed by atoms with van der Waals surface area (Å²) in [5, 5.41) is 38.9. The van der Waals surface area contributed by atoms with Crippen LogP contribution in [-0.4, -0.2) is 75.9 Å². The lowest BCUT2D eigenvalue weighted by atomic mass is 9.99. The van der Waals surface area contributed by atoms with Gasteiger partial charge in [0.15, 0.2) is 0 Å². The number of rotatable bonds is 5. The van der Waals surface area contributed by atoms with Gasteiger partial charge in [-0.1, -0.05) is 6.92 Å². The first-order chi connectivity index (χ1) is 12.0. The predicted octanol–water partition coefficient (Wildman–Crippen LogP) is -0.573. The summed E-state index contributed by atoms with van der Waals surface area (Å²) >= 11 is 0. The molecule has 8 nitrogen and oxygen atoms in total. The SMILES string of the molecule is CCCN1COc2ccc(O[C@@H]3O[C@H](CO)[C@@H](O)[C@H](O)[C@H]3O)cc2C1. The molecular weight excluding hydrogens is 330 g/mol. The number of ether oxygens (including phenoxy) is 3. The number of aliphatic hydroxyl groups excluding tert-OH is 4. The highest BCUT2D eigenvalue weighted by molar-refractivity contribution is 5.41. The molecule has 0 saturated carbocycles. The van der Waals surface area contributed by atoms with Crippen molar-refractivity contribution in [3.63, 3.8) is 0 Å². The van der Waals surface area contributed by atoms with Crippen molar-refractivity contribution >= 4 is 0 Å². The molecule has 1 fully saturated rings. The molecule has 0 bridgehead atoms. The first kappa shape index (κ1) is 18.4. The fourth-order valence-corrected chi connectivity index (χ4v) is 3.10. The summed E-state index contributed by atoms with van der Waals surface area (Å²) in [5.41, 5.74) is 0.960. The van der Waals surface area contributed by atoms with Gasteiger partial charge in [-0.2, -0.15) is 0 Å². The first-order valence-corrected chi connectivity index (χ1v) is 8.48. The van der Waals surface area contributed by atoms with Gasteiger partial charge in [0, 0.05) is 18.7 Å². The molecule has 8 heteroatoms. The van der Waals surface area contributed by atoms with E-state index < -0.39 is 37.3 Å². The summed E-state index contributed by atoms with van der Waals surface area (Å²) < 4.78 is 16.7. The zero-order chi connectivity index (χ0) is 18.0. The molecule has 0 unspecified atom stereocenters. The van der Waals surface area contributed by atoms with Crippen molar-refractivity contribution < 1.29 is 34.6 Å². The standard InChI is InChI=1S/C17H25NO7/c1-2-5-18-7-10-6-11(3-4-12(10)23-9-18)24-17-16(22)15(21)14(20)13(8-19)25-17/h3-4,6,13-17,19-22H,2,5,7-9H2,1H3/t13-,14-,15+,16-,17-/m1/s1. The third-order valence-corrected chi connectivity index (χ3v) is 4.47. The summed E-state index contributed by atoms with van der Waals surface area (Å²) in [6.07, 6.45) is -5.45. The molecule has 4 N–H and O–H groups in total. The maximum absolute atomic E-state index is 10.1. The van der Waals surface area contributed by atoms with Gasteiger partial charge < -0.3 is 34.6 Å². The van der Waals surface area contributed by atoms with Crippen molar-refractivity contribution in [2.24, 2.45) is 0 Å². The van der Waals surface area contributed by atoms with E-state index in [0.717, 1.165) is 30.8 Å². The maximum Gasteiger partial charge on any atom is 0.229 e. The second kappa shape index (κ2) is 7.86. The summed E-state index contributed by atoms with van der Waals surface area (Å²) in [6.45, 7) is 3.82. The highest BCUT2D eigenvalue weighted by Crippen LogP contribution is 2.31. The second-order valence-corrected chi connectivity index (χ2v) is 6.41. The van der Waals surface area contributed by atoms with E-state index in [1.807, 2.05) is 0 Å². The quantitative estimate of drug-likeness (QED) is 0.556. The Morgan fingerprint density at radius 2 is 2.00 bits per heavy atom. The van der Waals surface area contributed by atoms with Gasteiger partial charge in [0.1, 0.15) is 42.6 Å². The molecule has 2 heterocycles. The minimum Gasteiger partial charge on any atom is -0.478 e. The number of fused-ring (bicyclic) bond motifs is 1. The van der Waals surface area contributed by atoms with E-state index in [0.29, 0.717) is 12.5 Å². The number of benzene rings is 1. The first-order valence-electron chi connectivity index (χ1n) is 8.48. The lowest BCUT2D eigenvalue weighted by Gasteiger charge is -2.39. The van der Waals surface area contributed by atoms with E-state index in [1.165, 1.54) is 0 Å². The Balaban J connectivity index is 1.71. The third kappa shape index (κ3) is 3.89. The van der Waals surface area contributed by atoms with Gasteiger partial charge in [-0.3, -0.25) is 4.90 Å². The van der Waals surface area contributed by atoms with Crippen molar-refractivity contribution in [1.82, 2.24) is 4.90 Å². The molecule has 0 aliphatic carbocycles. The Morgan fingerprint density at radius 1 is 1.20 bits per heavy atom. The number of hydrogen-bond acceptors (Lipinski definition) is 8. The van der Waals surface area contributed by atoms with Crippen LogP contribution in [0.1, 0.15) is 18.9 Å². The Morgan fingerprint density at radius 3 is 2.72 bits per heavy atom. The Kier molecular flexibility index (Phi) is 5.78. The monoisotopic (exact) mass is 355 g/mol. The van der Waals surface area contributed by atoms with Crippen LogP contribution in [0.3, 0.4) is 0 Å². The van der Waals surface area contributed by atoms with Crippen LogP contribution in [0.5, 0.6) is 11.5 Å². The van der Waals surface area contributed by atoms with Crippen LogP contribution in [-0.2, 0) is 11.3 Å². The normalized spacial score (nSPS) is 32.8. The Hall–Kier alpha value is -1.42. The lowest BCUT2D eigenvalue weighted by molar-refractivity contribution is -0.277. The van der Waals surface area contributed by atoms with Gasteiger partial charge >= 0.3 is 0 Å². The molecule has 0 spiro atoms. The van der Waals surface area contributed by atoms with E-state index in [4.69, 9.17) is 14.2 Å². The maximum atomic E-state index is 10.1. The average Bonchev–Trinajstić information content (AvgIpc) is 2.62. The van der Waals surface area contributed by atoms with Crippen LogP contribution in [0.15, 0.2) is 18.2 Å².